The zero-order valence-electron chi connectivity index (χ0n) is 8.22. The predicted octanol–water partition coefficient (Wildman–Crippen LogP) is 2.98. The van der Waals surface area contributed by atoms with E-state index in [9.17, 15) is 9.18 Å². The van der Waals surface area contributed by atoms with Gasteiger partial charge in [0.15, 0.2) is 5.78 Å². The highest BCUT2D eigenvalue weighted by Crippen LogP contribution is 2.27. The van der Waals surface area contributed by atoms with E-state index in [1.807, 2.05) is 0 Å². The van der Waals surface area contributed by atoms with Gasteiger partial charge in [0.05, 0.1) is 0 Å². The third-order valence-electron chi connectivity index (χ3n) is 2.93. The number of Topliss-reactive ketones (excluding diaryl/α,β-unsaturated/α-hetero) is 1. The first-order valence-corrected chi connectivity index (χ1v) is 5.02. The first kappa shape index (κ1) is 9.38. The van der Waals surface area contributed by atoms with Gasteiger partial charge in [-0.05, 0) is 30.0 Å². The van der Waals surface area contributed by atoms with Crippen LogP contribution < -0.4 is 0 Å². The van der Waals surface area contributed by atoms with Crippen LogP contribution in [0.4, 0.5) is 4.39 Å². The Morgan fingerprint density at radius 1 is 1.43 bits per heavy atom. The van der Waals surface area contributed by atoms with E-state index in [0.717, 1.165) is 18.4 Å². The molecule has 0 saturated carbocycles. The molecule has 0 bridgehead atoms. The standard InChI is InChI=1S/C12H13FO/c1-2-8-5-9-3-4-10(13)7-11(9)12(14)6-8/h3-4,7-8H,2,5-6H2,1H3. The van der Waals surface area contributed by atoms with E-state index < -0.39 is 0 Å². The molecule has 1 unspecified atom stereocenters. The smallest absolute Gasteiger partial charge is 0.163 e. The number of carbonyl (C=O) groups is 1. The predicted molar refractivity (Wildman–Crippen MR) is 52.8 cm³/mol. The Morgan fingerprint density at radius 2 is 2.21 bits per heavy atom. The zero-order chi connectivity index (χ0) is 10.1. The number of carbonyl (C=O) groups excluding carboxylic acids is 1. The molecular formula is C12H13FO. The number of hydrogen-bond acceptors (Lipinski definition) is 1. The van der Waals surface area contributed by atoms with E-state index in [2.05, 4.69) is 6.92 Å². The topological polar surface area (TPSA) is 17.1 Å². The minimum absolute atomic E-state index is 0.0950. The summed E-state index contributed by atoms with van der Waals surface area (Å²) in [6.07, 6.45) is 2.51. The van der Waals surface area contributed by atoms with Crippen molar-refractivity contribution in [2.24, 2.45) is 5.92 Å². The lowest BCUT2D eigenvalue weighted by atomic mass is 9.82. The molecule has 0 heterocycles. The van der Waals surface area contributed by atoms with Crippen molar-refractivity contribution in [3.8, 4) is 0 Å². The summed E-state index contributed by atoms with van der Waals surface area (Å²) >= 11 is 0. The fourth-order valence-electron chi connectivity index (χ4n) is 2.03. The van der Waals surface area contributed by atoms with E-state index in [1.54, 1.807) is 6.07 Å². The number of fused-ring (bicyclic) bond motifs is 1. The van der Waals surface area contributed by atoms with E-state index in [4.69, 9.17) is 0 Å². The lowest BCUT2D eigenvalue weighted by Crippen LogP contribution is -2.19. The Balaban J connectivity index is 2.40. The molecule has 1 atom stereocenters. The summed E-state index contributed by atoms with van der Waals surface area (Å²) in [4.78, 5) is 11.6. The van der Waals surface area contributed by atoms with Crippen LogP contribution in [0.15, 0.2) is 18.2 Å². The fourth-order valence-corrected chi connectivity index (χ4v) is 2.03. The first-order chi connectivity index (χ1) is 6.70. The molecule has 2 rings (SSSR count). The summed E-state index contributed by atoms with van der Waals surface area (Å²) in [5, 5.41) is 0. The summed E-state index contributed by atoms with van der Waals surface area (Å²) in [5.74, 6) is 0.227. The van der Waals surface area contributed by atoms with Gasteiger partial charge in [-0.1, -0.05) is 19.4 Å². The second kappa shape index (κ2) is 3.52. The third kappa shape index (κ3) is 1.57. The average molecular weight is 192 g/mol. The van der Waals surface area contributed by atoms with Gasteiger partial charge in [0, 0.05) is 12.0 Å². The van der Waals surface area contributed by atoms with Crippen LogP contribution in [0.5, 0.6) is 0 Å². The van der Waals surface area contributed by atoms with Crippen molar-refractivity contribution in [1.29, 1.82) is 0 Å². The van der Waals surface area contributed by atoms with Crippen LogP contribution in [0.1, 0.15) is 35.7 Å². The van der Waals surface area contributed by atoms with Crippen LogP contribution in [0.25, 0.3) is 0 Å². The average Bonchev–Trinajstić information content (AvgIpc) is 2.19. The van der Waals surface area contributed by atoms with Gasteiger partial charge >= 0.3 is 0 Å². The van der Waals surface area contributed by atoms with Gasteiger partial charge in [0.2, 0.25) is 0 Å². The minimum Gasteiger partial charge on any atom is -0.294 e. The maximum Gasteiger partial charge on any atom is 0.163 e. The van der Waals surface area contributed by atoms with Crippen molar-refractivity contribution < 1.29 is 9.18 Å². The van der Waals surface area contributed by atoms with Crippen molar-refractivity contribution in [1.82, 2.24) is 0 Å². The molecule has 1 aliphatic rings. The Bertz CT molecular complexity index is 371. The van der Waals surface area contributed by atoms with Crippen LogP contribution in [0, 0.1) is 11.7 Å². The van der Waals surface area contributed by atoms with Crippen molar-refractivity contribution in [2.75, 3.05) is 0 Å². The van der Waals surface area contributed by atoms with Gasteiger partial charge < -0.3 is 0 Å². The maximum absolute atomic E-state index is 12.9. The molecule has 74 valence electrons. The number of benzene rings is 1. The van der Waals surface area contributed by atoms with E-state index in [-0.39, 0.29) is 11.6 Å². The van der Waals surface area contributed by atoms with Crippen LogP contribution in [0.3, 0.4) is 0 Å². The number of ketones is 1. The normalized spacial score (nSPS) is 20.7. The molecule has 0 fully saturated rings. The number of halogens is 1. The van der Waals surface area contributed by atoms with Crippen molar-refractivity contribution in [2.45, 2.75) is 26.2 Å². The highest BCUT2D eigenvalue weighted by Gasteiger charge is 2.23. The summed E-state index contributed by atoms with van der Waals surface area (Å²) in [5.41, 5.74) is 1.60. The molecule has 0 aromatic heterocycles. The Labute approximate surface area is 82.9 Å². The maximum atomic E-state index is 12.9. The first-order valence-electron chi connectivity index (χ1n) is 5.02. The molecule has 0 radical (unpaired) electrons. The molecule has 0 saturated heterocycles. The SMILES string of the molecule is CCC1CC(=O)c2cc(F)ccc2C1. The molecular weight excluding hydrogens is 179 g/mol. The van der Waals surface area contributed by atoms with Gasteiger partial charge in [-0.25, -0.2) is 4.39 Å². The Kier molecular flexibility index (Phi) is 2.36. The van der Waals surface area contributed by atoms with Gasteiger partial charge in [0.1, 0.15) is 5.82 Å². The second-order valence-corrected chi connectivity index (χ2v) is 3.91. The molecule has 2 heteroatoms. The molecule has 1 aromatic carbocycles. The quantitative estimate of drug-likeness (QED) is 0.668. The summed E-state index contributed by atoms with van der Waals surface area (Å²) in [7, 11) is 0. The summed E-state index contributed by atoms with van der Waals surface area (Å²) < 4.78 is 12.9. The number of hydrogen-bond donors (Lipinski definition) is 0. The van der Waals surface area contributed by atoms with Gasteiger partial charge in [-0.15, -0.1) is 0 Å². The van der Waals surface area contributed by atoms with Crippen molar-refractivity contribution >= 4 is 5.78 Å². The molecule has 1 aliphatic carbocycles. The zero-order valence-corrected chi connectivity index (χ0v) is 8.22. The highest BCUT2D eigenvalue weighted by molar-refractivity contribution is 5.98. The van der Waals surface area contributed by atoms with Gasteiger partial charge in [-0.2, -0.15) is 0 Å². The molecule has 0 N–H and O–H groups in total. The molecule has 14 heavy (non-hydrogen) atoms. The van der Waals surface area contributed by atoms with E-state index >= 15 is 0 Å². The Hall–Kier alpha value is -1.18. The van der Waals surface area contributed by atoms with Crippen LogP contribution in [-0.4, -0.2) is 5.78 Å². The Morgan fingerprint density at radius 3 is 2.93 bits per heavy atom. The summed E-state index contributed by atoms with van der Waals surface area (Å²) in [6.45, 7) is 2.09. The number of rotatable bonds is 1. The molecule has 0 amide bonds. The molecule has 0 aliphatic heterocycles. The summed E-state index contributed by atoms with van der Waals surface area (Å²) in [6, 6.07) is 4.54. The van der Waals surface area contributed by atoms with Crippen molar-refractivity contribution in [3.05, 3.63) is 35.1 Å². The fraction of sp³-hybridized carbons (Fsp3) is 0.417. The van der Waals surface area contributed by atoms with Crippen LogP contribution in [0.2, 0.25) is 0 Å². The minimum atomic E-state index is -0.313. The molecule has 0 spiro atoms. The van der Waals surface area contributed by atoms with Crippen LogP contribution in [-0.2, 0) is 6.42 Å². The van der Waals surface area contributed by atoms with Gasteiger partial charge in [0.25, 0.3) is 0 Å². The van der Waals surface area contributed by atoms with E-state index in [0.29, 0.717) is 17.9 Å². The molecule has 1 nitrogen and oxygen atoms in total. The monoisotopic (exact) mass is 192 g/mol. The second-order valence-electron chi connectivity index (χ2n) is 3.91. The molecule has 1 aromatic rings. The highest BCUT2D eigenvalue weighted by atomic mass is 19.1. The third-order valence-corrected chi connectivity index (χ3v) is 2.93. The lowest BCUT2D eigenvalue weighted by molar-refractivity contribution is 0.0947. The van der Waals surface area contributed by atoms with Gasteiger partial charge in [-0.3, -0.25) is 4.79 Å². The van der Waals surface area contributed by atoms with E-state index in [1.165, 1.54) is 12.1 Å². The van der Waals surface area contributed by atoms with Crippen LogP contribution >= 0.6 is 0 Å². The van der Waals surface area contributed by atoms with Crippen molar-refractivity contribution in [3.63, 3.8) is 0 Å². The lowest BCUT2D eigenvalue weighted by Gasteiger charge is -2.22. The largest absolute Gasteiger partial charge is 0.294 e.